The molecule has 0 saturated heterocycles. The van der Waals surface area contributed by atoms with Crippen molar-refractivity contribution >= 4 is 0 Å². The van der Waals surface area contributed by atoms with Gasteiger partial charge in [-0.05, 0) is 19.4 Å². The maximum Gasteiger partial charge on any atom is 0.0465 e. The minimum Gasteiger partial charge on any atom is -0.385 e. The minimum atomic E-state index is 0.408. The molecule has 0 radical (unpaired) electrons. The Labute approximate surface area is 69.6 Å². The maximum absolute atomic E-state index is 4.99. The molecule has 0 fully saturated rings. The first-order chi connectivity index (χ1) is 5.26. The van der Waals surface area contributed by atoms with Crippen LogP contribution >= 0.6 is 0 Å². The molecule has 1 N–H and O–H groups in total. The molecule has 11 heavy (non-hydrogen) atoms. The molecule has 0 heterocycles. The number of nitrogens with one attached hydrogen (secondary N) is 1. The van der Waals surface area contributed by atoms with Gasteiger partial charge in [0.1, 0.15) is 0 Å². The van der Waals surface area contributed by atoms with Crippen LogP contribution in [0.25, 0.3) is 0 Å². The lowest BCUT2D eigenvalue weighted by Crippen LogP contribution is -2.30. The van der Waals surface area contributed by atoms with Gasteiger partial charge in [0.15, 0.2) is 0 Å². The molecule has 0 aliphatic rings. The van der Waals surface area contributed by atoms with Gasteiger partial charge in [0.2, 0.25) is 0 Å². The van der Waals surface area contributed by atoms with Gasteiger partial charge in [-0.1, -0.05) is 13.0 Å². The number of hydrogen-bond acceptors (Lipinski definition) is 2. The maximum atomic E-state index is 4.99. The van der Waals surface area contributed by atoms with Gasteiger partial charge in [-0.3, -0.25) is 0 Å². The molecule has 2 unspecified atom stereocenters. The van der Waals surface area contributed by atoms with Crippen LogP contribution in [0.5, 0.6) is 0 Å². The SMILES string of the molecule is C=CC(NC)C(C)CCOC. The Balaban J connectivity index is 3.59. The lowest BCUT2D eigenvalue weighted by molar-refractivity contribution is 0.175. The van der Waals surface area contributed by atoms with Gasteiger partial charge in [0, 0.05) is 19.8 Å². The van der Waals surface area contributed by atoms with Crippen LogP contribution in [0.15, 0.2) is 12.7 Å². The van der Waals surface area contributed by atoms with E-state index >= 15 is 0 Å². The van der Waals surface area contributed by atoms with Gasteiger partial charge in [-0.15, -0.1) is 6.58 Å². The zero-order valence-electron chi connectivity index (χ0n) is 7.76. The van der Waals surface area contributed by atoms with E-state index in [4.69, 9.17) is 4.74 Å². The highest BCUT2D eigenvalue weighted by atomic mass is 16.5. The second-order valence-electron chi connectivity index (χ2n) is 2.81. The molecule has 66 valence electrons. The van der Waals surface area contributed by atoms with E-state index in [0.29, 0.717) is 12.0 Å². The van der Waals surface area contributed by atoms with Crippen LogP contribution in [0.3, 0.4) is 0 Å². The normalized spacial score (nSPS) is 15.9. The third-order valence-electron chi connectivity index (χ3n) is 1.98. The van der Waals surface area contributed by atoms with Gasteiger partial charge in [-0.2, -0.15) is 0 Å². The molecule has 2 heteroatoms. The predicted molar refractivity (Wildman–Crippen MR) is 48.7 cm³/mol. The zero-order chi connectivity index (χ0) is 8.69. The molecule has 0 aromatic carbocycles. The van der Waals surface area contributed by atoms with Crippen LogP contribution in [-0.2, 0) is 4.74 Å². The number of ether oxygens (including phenoxy) is 1. The van der Waals surface area contributed by atoms with Crippen LogP contribution in [0.2, 0.25) is 0 Å². The molecule has 0 bridgehead atoms. The van der Waals surface area contributed by atoms with Gasteiger partial charge in [0.25, 0.3) is 0 Å². The van der Waals surface area contributed by atoms with Crippen LogP contribution in [-0.4, -0.2) is 26.8 Å². The smallest absolute Gasteiger partial charge is 0.0465 e. The molecule has 2 atom stereocenters. The van der Waals surface area contributed by atoms with Gasteiger partial charge >= 0.3 is 0 Å². The average molecular weight is 157 g/mol. The third-order valence-corrected chi connectivity index (χ3v) is 1.98. The molecule has 0 aliphatic carbocycles. The fourth-order valence-corrected chi connectivity index (χ4v) is 1.12. The van der Waals surface area contributed by atoms with Gasteiger partial charge in [0.05, 0.1) is 0 Å². The highest BCUT2D eigenvalue weighted by Gasteiger charge is 2.10. The van der Waals surface area contributed by atoms with Crippen LogP contribution in [0, 0.1) is 5.92 Å². The number of hydrogen-bond donors (Lipinski definition) is 1. The molecule has 2 nitrogen and oxygen atoms in total. The summed E-state index contributed by atoms with van der Waals surface area (Å²) in [5, 5.41) is 3.19. The lowest BCUT2D eigenvalue weighted by atomic mass is 9.99. The first-order valence-electron chi connectivity index (χ1n) is 4.05. The van der Waals surface area contributed by atoms with E-state index in [2.05, 4.69) is 18.8 Å². The number of rotatable bonds is 6. The molecular weight excluding hydrogens is 138 g/mol. The van der Waals surface area contributed by atoms with Crippen molar-refractivity contribution in [2.45, 2.75) is 19.4 Å². The highest BCUT2D eigenvalue weighted by molar-refractivity contribution is 4.88. The zero-order valence-corrected chi connectivity index (χ0v) is 7.76. The van der Waals surface area contributed by atoms with Crippen molar-refractivity contribution in [1.29, 1.82) is 0 Å². The molecule has 0 rings (SSSR count). The molecule has 0 amide bonds. The van der Waals surface area contributed by atoms with E-state index < -0.39 is 0 Å². The standard InChI is InChI=1S/C9H19NO/c1-5-9(10-3)8(2)6-7-11-4/h5,8-10H,1,6-7H2,2-4H3. The fourth-order valence-electron chi connectivity index (χ4n) is 1.12. The Morgan fingerprint density at radius 3 is 2.64 bits per heavy atom. The first kappa shape index (κ1) is 10.7. The van der Waals surface area contributed by atoms with E-state index in [1.807, 2.05) is 13.1 Å². The van der Waals surface area contributed by atoms with Crippen molar-refractivity contribution < 1.29 is 4.74 Å². The van der Waals surface area contributed by atoms with Crippen molar-refractivity contribution in [2.75, 3.05) is 20.8 Å². The summed E-state index contributed by atoms with van der Waals surface area (Å²) in [5.74, 6) is 0.595. The van der Waals surface area contributed by atoms with E-state index in [1.54, 1.807) is 7.11 Å². The van der Waals surface area contributed by atoms with Crippen molar-refractivity contribution in [3.8, 4) is 0 Å². The van der Waals surface area contributed by atoms with E-state index in [1.165, 1.54) is 0 Å². The predicted octanol–water partition coefficient (Wildman–Crippen LogP) is 1.43. The molecular formula is C9H19NO. The molecule has 0 spiro atoms. The van der Waals surface area contributed by atoms with E-state index in [-0.39, 0.29) is 0 Å². The van der Waals surface area contributed by atoms with Crippen molar-refractivity contribution in [3.63, 3.8) is 0 Å². The van der Waals surface area contributed by atoms with Crippen molar-refractivity contribution in [3.05, 3.63) is 12.7 Å². The molecule has 0 aliphatic heterocycles. The second kappa shape index (κ2) is 6.38. The Hall–Kier alpha value is -0.340. The van der Waals surface area contributed by atoms with Crippen LogP contribution in [0.1, 0.15) is 13.3 Å². The Morgan fingerprint density at radius 2 is 2.27 bits per heavy atom. The van der Waals surface area contributed by atoms with E-state index in [0.717, 1.165) is 13.0 Å². The molecule has 0 aromatic heterocycles. The summed E-state index contributed by atoms with van der Waals surface area (Å²) in [6.07, 6.45) is 3.02. The quantitative estimate of drug-likeness (QED) is 0.589. The van der Waals surface area contributed by atoms with Gasteiger partial charge < -0.3 is 10.1 Å². The fraction of sp³-hybridized carbons (Fsp3) is 0.778. The third kappa shape index (κ3) is 4.17. The average Bonchev–Trinajstić information content (AvgIpc) is 2.03. The molecule has 0 aromatic rings. The topological polar surface area (TPSA) is 21.3 Å². The summed E-state index contributed by atoms with van der Waals surface area (Å²) in [7, 11) is 3.69. The highest BCUT2D eigenvalue weighted by Crippen LogP contribution is 2.08. The van der Waals surface area contributed by atoms with Gasteiger partial charge in [-0.25, -0.2) is 0 Å². The number of methoxy groups -OCH3 is 1. The van der Waals surface area contributed by atoms with Crippen molar-refractivity contribution in [2.24, 2.45) is 5.92 Å². The summed E-state index contributed by atoms with van der Waals surface area (Å²) >= 11 is 0. The molecule has 0 saturated carbocycles. The van der Waals surface area contributed by atoms with E-state index in [9.17, 15) is 0 Å². The van der Waals surface area contributed by atoms with Crippen LogP contribution < -0.4 is 5.32 Å². The Morgan fingerprint density at radius 1 is 1.64 bits per heavy atom. The summed E-state index contributed by atoms with van der Waals surface area (Å²) in [6, 6.07) is 0.408. The first-order valence-corrected chi connectivity index (χ1v) is 4.05. The lowest BCUT2D eigenvalue weighted by Gasteiger charge is -2.19. The summed E-state index contributed by atoms with van der Waals surface area (Å²) in [6.45, 7) is 6.78. The summed E-state index contributed by atoms with van der Waals surface area (Å²) in [5.41, 5.74) is 0. The Bertz CT molecular complexity index is 104. The number of likely N-dealkylation sites (N-methyl/N-ethyl adjacent to an activating group) is 1. The monoisotopic (exact) mass is 157 g/mol. The summed E-state index contributed by atoms with van der Waals surface area (Å²) in [4.78, 5) is 0. The largest absolute Gasteiger partial charge is 0.385 e. The second-order valence-corrected chi connectivity index (χ2v) is 2.81. The summed E-state index contributed by atoms with van der Waals surface area (Å²) < 4.78 is 4.99. The van der Waals surface area contributed by atoms with Crippen molar-refractivity contribution in [1.82, 2.24) is 5.32 Å². The Kier molecular flexibility index (Phi) is 6.18. The minimum absolute atomic E-state index is 0.408. The van der Waals surface area contributed by atoms with Crippen LogP contribution in [0.4, 0.5) is 0 Å².